The standard InChI is InChI=1S/C24H25N5O/c1-15-22(16-8-2-4-10-18(16)27-15)21-14-26-24(30)29(21)23-17-9-3-5-11-19(17)28-20(23)12-6-7-13-25/h2-5,8-11,14,27-28H,6-7,12-13,25H2,1H3,(H,26,30). The van der Waals surface area contributed by atoms with E-state index in [0.29, 0.717) is 6.54 Å². The predicted molar refractivity (Wildman–Crippen MR) is 122 cm³/mol. The summed E-state index contributed by atoms with van der Waals surface area (Å²) in [4.78, 5) is 23.0. The molecule has 6 heteroatoms. The molecule has 30 heavy (non-hydrogen) atoms. The van der Waals surface area contributed by atoms with Crippen LogP contribution in [0.15, 0.2) is 59.5 Å². The summed E-state index contributed by atoms with van der Waals surface area (Å²) in [5.74, 6) is 0. The van der Waals surface area contributed by atoms with E-state index < -0.39 is 0 Å². The Hall–Kier alpha value is -3.51. The monoisotopic (exact) mass is 399 g/mol. The molecule has 5 aromatic rings. The van der Waals surface area contributed by atoms with E-state index in [0.717, 1.165) is 69.4 Å². The first-order chi connectivity index (χ1) is 14.7. The number of aromatic nitrogens is 4. The molecule has 0 saturated heterocycles. The Kier molecular flexibility index (Phi) is 4.56. The molecule has 0 unspecified atom stereocenters. The Morgan fingerprint density at radius 2 is 1.63 bits per heavy atom. The average Bonchev–Trinajstić information content (AvgIpc) is 3.39. The van der Waals surface area contributed by atoms with Crippen LogP contribution in [0.2, 0.25) is 0 Å². The minimum absolute atomic E-state index is 0.139. The summed E-state index contributed by atoms with van der Waals surface area (Å²) in [5, 5.41) is 2.15. The Morgan fingerprint density at radius 1 is 0.933 bits per heavy atom. The van der Waals surface area contributed by atoms with Crippen molar-refractivity contribution in [3.63, 3.8) is 0 Å². The molecule has 0 aliphatic heterocycles. The molecule has 0 radical (unpaired) electrons. The molecule has 5 N–H and O–H groups in total. The van der Waals surface area contributed by atoms with Crippen molar-refractivity contribution in [3.8, 4) is 16.9 Å². The lowest BCUT2D eigenvalue weighted by Crippen LogP contribution is -2.17. The number of aromatic amines is 3. The molecule has 0 spiro atoms. The molecule has 152 valence electrons. The maximum absolute atomic E-state index is 13.1. The number of hydrogen-bond donors (Lipinski definition) is 4. The van der Waals surface area contributed by atoms with E-state index in [9.17, 15) is 4.79 Å². The van der Waals surface area contributed by atoms with E-state index in [4.69, 9.17) is 5.73 Å². The molecular formula is C24H25N5O. The third-order valence-electron chi connectivity index (χ3n) is 5.78. The van der Waals surface area contributed by atoms with Crippen molar-refractivity contribution in [2.24, 2.45) is 5.73 Å². The Labute approximate surface area is 173 Å². The number of unbranched alkanes of at least 4 members (excludes halogenated alkanes) is 1. The molecule has 0 aliphatic rings. The minimum atomic E-state index is -0.139. The Bertz CT molecular complexity index is 1400. The molecule has 2 aromatic carbocycles. The van der Waals surface area contributed by atoms with Gasteiger partial charge in [-0.3, -0.25) is 4.57 Å². The fourth-order valence-electron chi connectivity index (χ4n) is 4.45. The number of para-hydroxylation sites is 2. The van der Waals surface area contributed by atoms with Crippen molar-refractivity contribution in [1.29, 1.82) is 0 Å². The molecule has 6 nitrogen and oxygen atoms in total. The van der Waals surface area contributed by atoms with Gasteiger partial charge in [-0.25, -0.2) is 4.79 Å². The van der Waals surface area contributed by atoms with Crippen LogP contribution in [0.3, 0.4) is 0 Å². The summed E-state index contributed by atoms with van der Waals surface area (Å²) in [6.45, 7) is 2.72. The van der Waals surface area contributed by atoms with Crippen LogP contribution in [-0.4, -0.2) is 26.1 Å². The zero-order chi connectivity index (χ0) is 20.7. The Balaban J connectivity index is 1.78. The van der Waals surface area contributed by atoms with Crippen molar-refractivity contribution in [1.82, 2.24) is 19.5 Å². The van der Waals surface area contributed by atoms with Gasteiger partial charge in [0, 0.05) is 45.0 Å². The van der Waals surface area contributed by atoms with Gasteiger partial charge in [0.15, 0.2) is 0 Å². The first-order valence-corrected chi connectivity index (χ1v) is 10.4. The second kappa shape index (κ2) is 7.39. The summed E-state index contributed by atoms with van der Waals surface area (Å²) >= 11 is 0. The quantitative estimate of drug-likeness (QED) is 0.319. The number of aryl methyl sites for hydroxylation is 2. The molecule has 0 bridgehead atoms. The third-order valence-corrected chi connectivity index (χ3v) is 5.78. The number of nitrogens with zero attached hydrogens (tertiary/aromatic N) is 1. The number of nitrogens with two attached hydrogens (primary N) is 1. The smallest absolute Gasteiger partial charge is 0.330 e. The summed E-state index contributed by atoms with van der Waals surface area (Å²) in [7, 11) is 0. The topological polar surface area (TPSA) is 95.4 Å². The van der Waals surface area contributed by atoms with Gasteiger partial charge >= 0.3 is 5.69 Å². The minimum Gasteiger partial charge on any atom is -0.358 e. The van der Waals surface area contributed by atoms with E-state index in [1.165, 1.54) is 0 Å². The van der Waals surface area contributed by atoms with Gasteiger partial charge in [-0.1, -0.05) is 36.4 Å². The highest BCUT2D eigenvalue weighted by Crippen LogP contribution is 2.35. The van der Waals surface area contributed by atoms with Crippen LogP contribution in [0.1, 0.15) is 24.2 Å². The van der Waals surface area contributed by atoms with E-state index in [2.05, 4.69) is 46.1 Å². The van der Waals surface area contributed by atoms with Gasteiger partial charge in [0.2, 0.25) is 0 Å². The predicted octanol–water partition coefficient (Wildman–Crippen LogP) is 4.39. The highest BCUT2D eigenvalue weighted by Gasteiger charge is 2.21. The van der Waals surface area contributed by atoms with Crippen LogP contribution in [0.4, 0.5) is 0 Å². The maximum Gasteiger partial charge on any atom is 0.330 e. The van der Waals surface area contributed by atoms with Gasteiger partial charge in [0.05, 0.1) is 11.4 Å². The molecule has 0 saturated carbocycles. The molecule has 0 fully saturated rings. The second-order valence-electron chi connectivity index (χ2n) is 7.73. The fraction of sp³-hybridized carbons (Fsp3) is 0.208. The van der Waals surface area contributed by atoms with Crippen LogP contribution in [-0.2, 0) is 6.42 Å². The lowest BCUT2D eigenvalue weighted by Gasteiger charge is -2.10. The molecular weight excluding hydrogens is 374 g/mol. The van der Waals surface area contributed by atoms with Crippen molar-refractivity contribution < 1.29 is 0 Å². The molecule has 0 aliphatic carbocycles. The van der Waals surface area contributed by atoms with Crippen LogP contribution < -0.4 is 11.4 Å². The molecule has 0 atom stereocenters. The fourth-order valence-corrected chi connectivity index (χ4v) is 4.45. The average molecular weight is 399 g/mol. The normalized spacial score (nSPS) is 11.7. The van der Waals surface area contributed by atoms with Crippen molar-refractivity contribution in [2.75, 3.05) is 6.54 Å². The van der Waals surface area contributed by atoms with Gasteiger partial charge in [0.25, 0.3) is 0 Å². The Morgan fingerprint density at radius 3 is 2.40 bits per heavy atom. The lowest BCUT2D eigenvalue weighted by molar-refractivity contribution is 0.732. The zero-order valence-electron chi connectivity index (χ0n) is 17.0. The highest BCUT2D eigenvalue weighted by molar-refractivity contribution is 5.98. The number of imidazole rings is 1. The van der Waals surface area contributed by atoms with Crippen LogP contribution >= 0.6 is 0 Å². The van der Waals surface area contributed by atoms with E-state index in [1.807, 2.05) is 35.0 Å². The summed E-state index contributed by atoms with van der Waals surface area (Å²) in [5.41, 5.74) is 12.6. The van der Waals surface area contributed by atoms with E-state index in [1.54, 1.807) is 0 Å². The molecule has 5 rings (SSSR count). The highest BCUT2D eigenvalue weighted by atomic mass is 16.1. The largest absolute Gasteiger partial charge is 0.358 e. The second-order valence-corrected chi connectivity index (χ2v) is 7.73. The van der Waals surface area contributed by atoms with Gasteiger partial charge < -0.3 is 20.7 Å². The van der Waals surface area contributed by atoms with Crippen molar-refractivity contribution >= 4 is 21.8 Å². The molecule has 0 amide bonds. The van der Waals surface area contributed by atoms with Gasteiger partial charge in [-0.05, 0) is 44.9 Å². The van der Waals surface area contributed by atoms with Gasteiger partial charge in [-0.15, -0.1) is 0 Å². The number of rotatable bonds is 6. The van der Waals surface area contributed by atoms with E-state index in [-0.39, 0.29) is 5.69 Å². The molecule has 3 heterocycles. The SMILES string of the molecule is Cc1[nH]c2ccccc2c1-c1c[nH]c(=O)n1-c1c(CCCCN)[nH]c2ccccc12. The summed E-state index contributed by atoms with van der Waals surface area (Å²) in [6.07, 6.45) is 4.57. The van der Waals surface area contributed by atoms with Crippen LogP contribution in [0, 0.1) is 6.92 Å². The number of nitrogens with one attached hydrogen (secondary N) is 3. The number of benzene rings is 2. The third kappa shape index (κ3) is 2.88. The first-order valence-electron chi connectivity index (χ1n) is 10.4. The number of hydrogen-bond acceptors (Lipinski definition) is 2. The van der Waals surface area contributed by atoms with Crippen LogP contribution in [0.25, 0.3) is 38.8 Å². The summed E-state index contributed by atoms with van der Waals surface area (Å²) in [6, 6.07) is 16.3. The number of H-pyrrole nitrogens is 3. The van der Waals surface area contributed by atoms with E-state index >= 15 is 0 Å². The van der Waals surface area contributed by atoms with Crippen molar-refractivity contribution in [2.45, 2.75) is 26.2 Å². The molecule has 3 aromatic heterocycles. The summed E-state index contributed by atoms with van der Waals surface area (Å²) < 4.78 is 1.82. The lowest BCUT2D eigenvalue weighted by atomic mass is 10.1. The first kappa shape index (κ1) is 18.5. The van der Waals surface area contributed by atoms with Crippen LogP contribution in [0.5, 0.6) is 0 Å². The van der Waals surface area contributed by atoms with Crippen molar-refractivity contribution in [3.05, 3.63) is 76.6 Å². The number of fused-ring (bicyclic) bond motifs is 2. The maximum atomic E-state index is 13.1. The van der Waals surface area contributed by atoms with Gasteiger partial charge in [-0.2, -0.15) is 0 Å². The van der Waals surface area contributed by atoms with Gasteiger partial charge in [0.1, 0.15) is 0 Å². The zero-order valence-corrected chi connectivity index (χ0v) is 17.0.